The lowest BCUT2D eigenvalue weighted by Crippen LogP contribution is -2.58. The molecule has 1 aliphatic carbocycles. The number of hydrogen-bond acceptors (Lipinski definition) is 5. The number of rotatable bonds is 6. The maximum Gasteiger partial charge on any atom is 0.254 e. The number of amides is 3. The highest BCUT2D eigenvalue weighted by Gasteiger charge is 2.35. The first-order valence-electron chi connectivity index (χ1n) is 11.9. The Bertz CT molecular complexity index is 1000. The lowest BCUT2D eigenvalue weighted by atomic mass is 9.83. The largest absolute Gasteiger partial charge is 0.343 e. The van der Waals surface area contributed by atoms with Gasteiger partial charge in [-0.2, -0.15) is 5.10 Å². The molecule has 0 aromatic carbocycles. The maximum atomic E-state index is 13.4. The molecule has 9 nitrogen and oxygen atoms in total. The van der Waals surface area contributed by atoms with Gasteiger partial charge in [-0.1, -0.05) is 19.3 Å². The van der Waals surface area contributed by atoms with Crippen molar-refractivity contribution < 1.29 is 14.4 Å². The van der Waals surface area contributed by atoms with Crippen LogP contribution < -0.4 is 10.6 Å². The van der Waals surface area contributed by atoms with E-state index in [2.05, 4.69) is 15.7 Å². The molecule has 1 unspecified atom stereocenters. The summed E-state index contributed by atoms with van der Waals surface area (Å²) in [6.07, 6.45) is 8.89. The Kier molecular flexibility index (Phi) is 7.27. The molecule has 4 rings (SSSR count). The topological polar surface area (TPSA) is 99.0 Å². The Labute approximate surface area is 194 Å². The lowest BCUT2D eigenvalue weighted by Gasteiger charge is -2.39. The summed E-state index contributed by atoms with van der Waals surface area (Å²) >= 11 is 0. The first kappa shape index (κ1) is 23.2. The van der Waals surface area contributed by atoms with E-state index in [1.54, 1.807) is 17.8 Å². The highest BCUT2D eigenvalue weighted by atomic mass is 16.2. The zero-order valence-electron chi connectivity index (χ0n) is 19.5. The molecule has 3 amide bonds. The van der Waals surface area contributed by atoms with Crippen LogP contribution in [0.1, 0.15) is 48.0 Å². The summed E-state index contributed by atoms with van der Waals surface area (Å²) in [5.74, 6) is -0.0116. The summed E-state index contributed by atoms with van der Waals surface area (Å²) in [5.41, 5.74) is 2.42. The SMILES string of the molecule is CNCC(=O)NC(C(=O)N1CCN(C(=O)c2cc3ccnn3cc2C)CC1)C1CCCCC1. The molecule has 33 heavy (non-hydrogen) atoms. The summed E-state index contributed by atoms with van der Waals surface area (Å²) < 4.78 is 1.76. The molecule has 9 heteroatoms. The van der Waals surface area contributed by atoms with Crippen molar-refractivity contribution in [3.63, 3.8) is 0 Å². The second-order valence-electron chi connectivity index (χ2n) is 9.16. The van der Waals surface area contributed by atoms with Gasteiger partial charge in [0.05, 0.1) is 12.1 Å². The van der Waals surface area contributed by atoms with E-state index < -0.39 is 6.04 Å². The molecule has 1 saturated heterocycles. The molecule has 0 bridgehead atoms. The summed E-state index contributed by atoms with van der Waals surface area (Å²) in [6.45, 7) is 4.02. The van der Waals surface area contributed by atoms with E-state index in [4.69, 9.17) is 0 Å². The van der Waals surface area contributed by atoms with E-state index in [1.807, 2.05) is 35.1 Å². The molecule has 1 aliphatic heterocycles. The molecule has 2 aromatic rings. The quantitative estimate of drug-likeness (QED) is 0.684. The Balaban J connectivity index is 1.41. The molecule has 1 saturated carbocycles. The van der Waals surface area contributed by atoms with Crippen LogP contribution in [0.25, 0.3) is 5.52 Å². The van der Waals surface area contributed by atoms with Gasteiger partial charge in [-0.15, -0.1) is 0 Å². The van der Waals surface area contributed by atoms with Gasteiger partial charge in [0.2, 0.25) is 11.8 Å². The normalized spacial score (nSPS) is 18.4. The Hall–Kier alpha value is -2.94. The Morgan fingerprint density at radius 3 is 2.48 bits per heavy atom. The highest BCUT2D eigenvalue weighted by molar-refractivity contribution is 5.97. The molecule has 2 aromatic heterocycles. The summed E-state index contributed by atoms with van der Waals surface area (Å²) in [5, 5.41) is 10.1. The molecule has 178 valence electrons. The minimum atomic E-state index is -0.486. The van der Waals surface area contributed by atoms with Gasteiger partial charge in [0.25, 0.3) is 5.91 Å². The summed E-state index contributed by atoms with van der Waals surface area (Å²) in [7, 11) is 1.72. The minimum Gasteiger partial charge on any atom is -0.343 e. The van der Waals surface area contributed by atoms with Crippen LogP contribution in [-0.2, 0) is 9.59 Å². The first-order chi connectivity index (χ1) is 16.0. The van der Waals surface area contributed by atoms with Crippen molar-refractivity contribution in [1.29, 1.82) is 0 Å². The van der Waals surface area contributed by atoms with Crippen molar-refractivity contribution in [1.82, 2.24) is 30.0 Å². The second-order valence-corrected chi connectivity index (χ2v) is 9.16. The molecule has 1 atom stereocenters. The zero-order valence-corrected chi connectivity index (χ0v) is 19.5. The minimum absolute atomic E-state index is 0.0182. The van der Waals surface area contributed by atoms with Gasteiger partial charge in [-0.05, 0) is 50.4 Å². The highest BCUT2D eigenvalue weighted by Crippen LogP contribution is 2.28. The van der Waals surface area contributed by atoms with E-state index in [0.717, 1.165) is 36.8 Å². The summed E-state index contributed by atoms with van der Waals surface area (Å²) in [4.78, 5) is 42.5. The molecule has 0 radical (unpaired) electrons. The fourth-order valence-corrected chi connectivity index (χ4v) is 5.02. The number of carbonyl (C=O) groups excluding carboxylic acids is 3. The van der Waals surface area contributed by atoms with Crippen LogP contribution >= 0.6 is 0 Å². The number of aromatic nitrogens is 2. The zero-order chi connectivity index (χ0) is 23.4. The average molecular weight is 455 g/mol. The fourth-order valence-electron chi connectivity index (χ4n) is 5.02. The lowest BCUT2D eigenvalue weighted by molar-refractivity contribution is -0.139. The van der Waals surface area contributed by atoms with Gasteiger partial charge >= 0.3 is 0 Å². The van der Waals surface area contributed by atoms with E-state index in [-0.39, 0.29) is 30.2 Å². The predicted molar refractivity (Wildman–Crippen MR) is 125 cm³/mol. The number of likely N-dealkylation sites (N-methyl/N-ethyl adjacent to an activating group) is 1. The third-order valence-electron chi connectivity index (χ3n) is 6.88. The van der Waals surface area contributed by atoms with Crippen molar-refractivity contribution >= 4 is 23.2 Å². The number of hydrogen-bond donors (Lipinski definition) is 2. The smallest absolute Gasteiger partial charge is 0.254 e. The van der Waals surface area contributed by atoms with Gasteiger partial charge in [-0.25, -0.2) is 4.52 Å². The molecular formula is C24H34N6O3. The molecule has 2 fully saturated rings. The maximum absolute atomic E-state index is 13.4. The van der Waals surface area contributed by atoms with E-state index >= 15 is 0 Å². The van der Waals surface area contributed by atoms with Gasteiger partial charge in [-0.3, -0.25) is 14.4 Å². The van der Waals surface area contributed by atoms with Crippen LogP contribution in [0, 0.1) is 12.8 Å². The van der Waals surface area contributed by atoms with E-state index in [9.17, 15) is 14.4 Å². The number of nitrogens with zero attached hydrogens (tertiary/aromatic N) is 4. The number of pyridine rings is 1. The summed E-state index contributed by atoms with van der Waals surface area (Å²) in [6, 6.07) is 3.26. The average Bonchev–Trinajstić information content (AvgIpc) is 3.29. The van der Waals surface area contributed by atoms with Crippen molar-refractivity contribution in [3.05, 3.63) is 35.7 Å². The van der Waals surface area contributed by atoms with Gasteiger partial charge in [0, 0.05) is 44.1 Å². The van der Waals surface area contributed by atoms with Crippen LogP contribution in [0.5, 0.6) is 0 Å². The second kappa shape index (κ2) is 10.3. The van der Waals surface area contributed by atoms with Crippen molar-refractivity contribution in [3.8, 4) is 0 Å². The predicted octanol–water partition coefficient (Wildman–Crippen LogP) is 1.21. The van der Waals surface area contributed by atoms with Crippen molar-refractivity contribution in [2.45, 2.75) is 45.1 Å². The Morgan fingerprint density at radius 1 is 1.09 bits per heavy atom. The van der Waals surface area contributed by atoms with Gasteiger partial charge in [0.15, 0.2) is 0 Å². The third kappa shape index (κ3) is 5.19. The van der Waals surface area contributed by atoms with Crippen LogP contribution in [-0.4, -0.2) is 82.9 Å². The van der Waals surface area contributed by atoms with Crippen LogP contribution in [0.15, 0.2) is 24.5 Å². The van der Waals surface area contributed by atoms with Gasteiger partial charge < -0.3 is 20.4 Å². The molecule has 2 aliphatic rings. The number of fused-ring (bicyclic) bond motifs is 1. The van der Waals surface area contributed by atoms with E-state index in [1.165, 1.54) is 6.42 Å². The fraction of sp³-hybridized carbons (Fsp3) is 0.583. The van der Waals surface area contributed by atoms with Crippen LogP contribution in [0.4, 0.5) is 0 Å². The monoisotopic (exact) mass is 454 g/mol. The van der Waals surface area contributed by atoms with Crippen LogP contribution in [0.3, 0.4) is 0 Å². The third-order valence-corrected chi connectivity index (χ3v) is 6.88. The molecule has 3 heterocycles. The number of nitrogens with one attached hydrogen (secondary N) is 2. The molecule has 2 N–H and O–H groups in total. The Morgan fingerprint density at radius 2 is 1.79 bits per heavy atom. The standard InChI is InChI=1S/C24H34N6O3/c1-17-16-30-19(8-9-26-30)14-20(17)23(32)28-10-12-29(13-11-28)24(33)22(27-21(31)15-25-2)18-6-4-3-5-7-18/h8-9,14,16,18,22,25H,3-7,10-13,15H2,1-2H3,(H,27,31). The van der Waals surface area contributed by atoms with Gasteiger partial charge in [0.1, 0.15) is 6.04 Å². The molecule has 0 spiro atoms. The number of carbonyl (C=O) groups is 3. The molecular weight excluding hydrogens is 420 g/mol. The number of piperazine rings is 1. The van der Waals surface area contributed by atoms with Crippen molar-refractivity contribution in [2.75, 3.05) is 39.8 Å². The van der Waals surface area contributed by atoms with E-state index in [0.29, 0.717) is 31.7 Å². The van der Waals surface area contributed by atoms with Crippen molar-refractivity contribution in [2.24, 2.45) is 5.92 Å². The number of aryl methyl sites for hydroxylation is 1. The first-order valence-corrected chi connectivity index (χ1v) is 11.9. The van der Waals surface area contributed by atoms with Crippen LogP contribution in [0.2, 0.25) is 0 Å².